The molecule has 0 aliphatic carbocycles. The Bertz CT molecular complexity index is 841. The molecule has 0 saturated heterocycles. The molecule has 2 rings (SSSR count). The first-order chi connectivity index (χ1) is 11.8. The number of benzene rings is 2. The number of hydrogen-bond acceptors (Lipinski definition) is 5. The number of amides is 1. The zero-order valence-electron chi connectivity index (χ0n) is 12.9. The number of nitro benzene ring substituents is 1. The van der Waals surface area contributed by atoms with Crippen molar-refractivity contribution in [2.75, 3.05) is 5.32 Å². The average Bonchev–Trinajstić information content (AvgIpc) is 2.56. The number of carbonyl (C=O) groups is 2. The molecule has 0 radical (unpaired) electrons. The van der Waals surface area contributed by atoms with Crippen LogP contribution in [0.3, 0.4) is 0 Å². The molecule has 2 aromatic carbocycles. The SMILES string of the molecule is C[C@H](OC(=O)c1ccccc1F)C(=O)Nc1ccc(F)c([N+](=O)[O-])c1. The van der Waals surface area contributed by atoms with Gasteiger partial charge in [0.1, 0.15) is 5.82 Å². The fraction of sp³-hybridized carbons (Fsp3) is 0.125. The number of nitrogens with zero attached hydrogens (tertiary/aromatic N) is 1. The Morgan fingerprint density at radius 2 is 1.84 bits per heavy atom. The van der Waals surface area contributed by atoms with Gasteiger partial charge < -0.3 is 10.1 Å². The average molecular weight is 350 g/mol. The quantitative estimate of drug-likeness (QED) is 0.508. The van der Waals surface area contributed by atoms with E-state index in [2.05, 4.69) is 5.32 Å². The molecule has 7 nitrogen and oxygen atoms in total. The van der Waals surface area contributed by atoms with Crippen LogP contribution in [0.2, 0.25) is 0 Å². The minimum absolute atomic E-state index is 0.0492. The number of nitrogens with one attached hydrogen (secondary N) is 1. The predicted octanol–water partition coefficient (Wildman–Crippen LogP) is 3.06. The summed E-state index contributed by atoms with van der Waals surface area (Å²) in [5.74, 6) is -3.70. The first-order valence-corrected chi connectivity index (χ1v) is 7.00. The van der Waals surface area contributed by atoms with E-state index in [4.69, 9.17) is 4.74 Å². The largest absolute Gasteiger partial charge is 0.449 e. The molecule has 9 heteroatoms. The third kappa shape index (κ3) is 4.34. The molecule has 1 N–H and O–H groups in total. The van der Waals surface area contributed by atoms with E-state index in [0.29, 0.717) is 0 Å². The Kier molecular flexibility index (Phi) is 5.38. The van der Waals surface area contributed by atoms with Crippen LogP contribution in [-0.2, 0) is 9.53 Å². The van der Waals surface area contributed by atoms with Crippen LogP contribution in [0.15, 0.2) is 42.5 Å². The van der Waals surface area contributed by atoms with Gasteiger partial charge in [-0.2, -0.15) is 4.39 Å². The lowest BCUT2D eigenvalue weighted by Gasteiger charge is -2.13. The van der Waals surface area contributed by atoms with Crippen LogP contribution >= 0.6 is 0 Å². The van der Waals surface area contributed by atoms with Crippen LogP contribution in [0.1, 0.15) is 17.3 Å². The van der Waals surface area contributed by atoms with Crippen LogP contribution < -0.4 is 5.32 Å². The summed E-state index contributed by atoms with van der Waals surface area (Å²) in [4.78, 5) is 33.6. The van der Waals surface area contributed by atoms with E-state index in [0.717, 1.165) is 24.3 Å². The lowest BCUT2D eigenvalue weighted by Crippen LogP contribution is -2.30. The molecule has 130 valence electrons. The second kappa shape index (κ2) is 7.47. The van der Waals surface area contributed by atoms with Gasteiger partial charge >= 0.3 is 11.7 Å². The number of rotatable bonds is 5. The van der Waals surface area contributed by atoms with E-state index in [1.807, 2.05) is 0 Å². The molecule has 0 saturated carbocycles. The van der Waals surface area contributed by atoms with Crippen molar-refractivity contribution < 1.29 is 28.0 Å². The monoisotopic (exact) mass is 350 g/mol. The highest BCUT2D eigenvalue weighted by Gasteiger charge is 2.22. The highest BCUT2D eigenvalue weighted by atomic mass is 19.1. The summed E-state index contributed by atoms with van der Waals surface area (Å²) in [5.41, 5.74) is -1.19. The zero-order valence-corrected chi connectivity index (χ0v) is 12.9. The van der Waals surface area contributed by atoms with Crippen molar-refractivity contribution in [1.29, 1.82) is 0 Å². The third-order valence-corrected chi connectivity index (χ3v) is 3.16. The Balaban J connectivity index is 2.06. The van der Waals surface area contributed by atoms with E-state index >= 15 is 0 Å². The molecule has 0 fully saturated rings. The Morgan fingerprint density at radius 1 is 1.16 bits per heavy atom. The van der Waals surface area contributed by atoms with Gasteiger partial charge in [0.15, 0.2) is 6.10 Å². The van der Waals surface area contributed by atoms with Crippen molar-refractivity contribution in [1.82, 2.24) is 0 Å². The van der Waals surface area contributed by atoms with Gasteiger partial charge in [-0.05, 0) is 31.2 Å². The minimum Gasteiger partial charge on any atom is -0.449 e. The number of nitro groups is 1. The summed E-state index contributed by atoms with van der Waals surface area (Å²) < 4.78 is 31.6. The van der Waals surface area contributed by atoms with Gasteiger partial charge in [0.2, 0.25) is 5.82 Å². The van der Waals surface area contributed by atoms with E-state index in [9.17, 15) is 28.5 Å². The standard InChI is InChI=1S/C16H12F2N2O5/c1-9(25-16(22)11-4-2-3-5-12(11)17)15(21)19-10-6-7-13(18)14(8-10)20(23)24/h2-9H,1H3,(H,19,21)/t9-/m0/s1. The van der Waals surface area contributed by atoms with E-state index < -0.39 is 40.2 Å². The maximum Gasteiger partial charge on any atom is 0.341 e. The molecule has 0 spiro atoms. The molecule has 0 bridgehead atoms. The van der Waals surface area contributed by atoms with Gasteiger partial charge in [-0.15, -0.1) is 0 Å². The van der Waals surface area contributed by atoms with E-state index in [1.165, 1.54) is 25.1 Å². The molecular weight excluding hydrogens is 338 g/mol. The molecule has 25 heavy (non-hydrogen) atoms. The van der Waals surface area contributed by atoms with Crippen molar-refractivity contribution in [3.05, 3.63) is 69.8 Å². The number of anilines is 1. The summed E-state index contributed by atoms with van der Waals surface area (Å²) in [5, 5.41) is 12.9. The lowest BCUT2D eigenvalue weighted by molar-refractivity contribution is -0.387. The molecule has 0 aromatic heterocycles. The second-order valence-electron chi connectivity index (χ2n) is 4.94. The summed E-state index contributed by atoms with van der Waals surface area (Å²) in [6, 6.07) is 7.87. The van der Waals surface area contributed by atoms with Crippen molar-refractivity contribution in [2.24, 2.45) is 0 Å². The van der Waals surface area contributed by atoms with Crippen LogP contribution in [0.25, 0.3) is 0 Å². The predicted molar refractivity (Wildman–Crippen MR) is 83.0 cm³/mol. The van der Waals surface area contributed by atoms with Crippen LogP contribution in [0.5, 0.6) is 0 Å². The fourth-order valence-electron chi connectivity index (χ4n) is 1.88. The van der Waals surface area contributed by atoms with Gasteiger partial charge in [0.25, 0.3) is 5.91 Å². The Morgan fingerprint density at radius 3 is 2.48 bits per heavy atom. The number of halogens is 2. The van der Waals surface area contributed by atoms with Gasteiger partial charge in [-0.25, -0.2) is 9.18 Å². The summed E-state index contributed by atoms with van der Waals surface area (Å²) in [6.07, 6.45) is -1.31. The second-order valence-corrected chi connectivity index (χ2v) is 4.94. The summed E-state index contributed by atoms with van der Waals surface area (Å²) >= 11 is 0. The smallest absolute Gasteiger partial charge is 0.341 e. The molecule has 0 unspecified atom stereocenters. The molecule has 0 aliphatic rings. The van der Waals surface area contributed by atoms with E-state index in [-0.39, 0.29) is 11.3 Å². The summed E-state index contributed by atoms with van der Waals surface area (Å²) in [7, 11) is 0. The normalized spacial score (nSPS) is 11.5. The van der Waals surface area contributed by atoms with Crippen LogP contribution in [-0.4, -0.2) is 22.9 Å². The van der Waals surface area contributed by atoms with Crippen molar-refractivity contribution in [3.8, 4) is 0 Å². The highest BCUT2D eigenvalue weighted by molar-refractivity contribution is 5.97. The molecule has 0 aliphatic heterocycles. The Hall–Kier alpha value is -3.36. The zero-order chi connectivity index (χ0) is 18.6. The van der Waals surface area contributed by atoms with Crippen LogP contribution in [0, 0.1) is 21.7 Å². The molecule has 2 aromatic rings. The molecule has 1 atom stereocenters. The third-order valence-electron chi connectivity index (χ3n) is 3.16. The van der Waals surface area contributed by atoms with Crippen molar-refractivity contribution in [2.45, 2.75) is 13.0 Å². The Labute approximate surface area is 140 Å². The number of carbonyl (C=O) groups excluding carboxylic acids is 2. The topological polar surface area (TPSA) is 98.5 Å². The molecule has 1 amide bonds. The van der Waals surface area contributed by atoms with Gasteiger partial charge in [-0.3, -0.25) is 14.9 Å². The van der Waals surface area contributed by atoms with Gasteiger partial charge in [0.05, 0.1) is 10.5 Å². The fourth-order valence-corrected chi connectivity index (χ4v) is 1.88. The van der Waals surface area contributed by atoms with E-state index in [1.54, 1.807) is 0 Å². The number of hydrogen-bond donors (Lipinski definition) is 1. The first kappa shape index (κ1) is 18.0. The minimum atomic E-state index is -1.31. The molecular formula is C16H12F2N2O5. The number of esters is 1. The van der Waals surface area contributed by atoms with Gasteiger partial charge in [0, 0.05) is 11.8 Å². The van der Waals surface area contributed by atoms with Gasteiger partial charge in [-0.1, -0.05) is 12.1 Å². The highest BCUT2D eigenvalue weighted by Crippen LogP contribution is 2.22. The lowest BCUT2D eigenvalue weighted by atomic mass is 10.2. The van der Waals surface area contributed by atoms with Crippen LogP contribution in [0.4, 0.5) is 20.2 Å². The van der Waals surface area contributed by atoms with Crippen molar-refractivity contribution in [3.63, 3.8) is 0 Å². The maximum atomic E-state index is 13.5. The summed E-state index contributed by atoms with van der Waals surface area (Å²) in [6.45, 7) is 1.24. The number of ether oxygens (including phenoxy) is 1. The van der Waals surface area contributed by atoms with Crippen molar-refractivity contribution >= 4 is 23.3 Å². The maximum absolute atomic E-state index is 13.5. The first-order valence-electron chi connectivity index (χ1n) is 7.00. The molecule has 0 heterocycles.